The number of halogens is 3. The topological polar surface area (TPSA) is 54.2 Å². The molecule has 0 aliphatic carbocycles. The lowest BCUT2D eigenvalue weighted by Crippen LogP contribution is -2.24. The molecular weight excluding hydrogens is 233 g/mol. The molecule has 0 amide bonds. The summed E-state index contributed by atoms with van der Waals surface area (Å²) in [4.78, 5) is 5.57. The summed E-state index contributed by atoms with van der Waals surface area (Å²) in [5.74, 6) is 5.67. The van der Waals surface area contributed by atoms with E-state index >= 15 is 0 Å². The van der Waals surface area contributed by atoms with Crippen molar-refractivity contribution in [2.45, 2.75) is 19.1 Å². The van der Waals surface area contributed by atoms with Crippen LogP contribution in [0, 0.1) is 0 Å². The zero-order valence-corrected chi connectivity index (χ0v) is 9.46. The lowest BCUT2D eigenvalue weighted by Gasteiger charge is -2.17. The normalized spacial score (nSPS) is 11.9. The summed E-state index contributed by atoms with van der Waals surface area (Å²) in [7, 11) is 1.64. The number of anilines is 1. The van der Waals surface area contributed by atoms with Crippen molar-refractivity contribution in [3.63, 3.8) is 0 Å². The molecule has 0 radical (unpaired) electrons. The van der Waals surface area contributed by atoms with Crippen molar-refractivity contribution in [3.05, 3.63) is 23.9 Å². The van der Waals surface area contributed by atoms with Crippen molar-refractivity contribution in [2.24, 2.45) is 5.84 Å². The van der Waals surface area contributed by atoms with Gasteiger partial charge in [0.25, 0.3) is 0 Å². The number of hydrogen-bond donors (Lipinski definition) is 2. The summed E-state index contributed by atoms with van der Waals surface area (Å²) >= 11 is 0. The lowest BCUT2D eigenvalue weighted by atomic mass is 10.2. The van der Waals surface area contributed by atoms with Gasteiger partial charge < -0.3 is 10.3 Å². The molecule has 0 unspecified atom stereocenters. The van der Waals surface area contributed by atoms with E-state index in [0.717, 1.165) is 5.56 Å². The molecule has 17 heavy (non-hydrogen) atoms. The third-order valence-corrected chi connectivity index (χ3v) is 2.20. The monoisotopic (exact) mass is 248 g/mol. The number of nitrogens with two attached hydrogens (primary N) is 1. The molecule has 1 heterocycles. The maximum Gasteiger partial charge on any atom is 0.390 e. The quantitative estimate of drug-likeness (QED) is 0.615. The summed E-state index contributed by atoms with van der Waals surface area (Å²) in [5.41, 5.74) is 3.22. The Morgan fingerprint density at radius 2 is 2.12 bits per heavy atom. The van der Waals surface area contributed by atoms with E-state index in [-0.39, 0.29) is 6.54 Å². The Bertz CT molecular complexity index is 336. The molecule has 0 fully saturated rings. The van der Waals surface area contributed by atoms with E-state index in [1.807, 2.05) is 0 Å². The molecule has 4 nitrogen and oxygen atoms in total. The van der Waals surface area contributed by atoms with E-state index in [1.54, 1.807) is 30.3 Å². The second-order valence-corrected chi connectivity index (χ2v) is 3.80. The van der Waals surface area contributed by atoms with Crippen LogP contribution in [0.15, 0.2) is 18.3 Å². The summed E-state index contributed by atoms with van der Waals surface area (Å²) < 4.78 is 36.0. The van der Waals surface area contributed by atoms with Gasteiger partial charge in [-0.15, -0.1) is 0 Å². The molecule has 0 aromatic carbocycles. The Balaban J connectivity index is 2.42. The van der Waals surface area contributed by atoms with Crippen molar-refractivity contribution in [1.29, 1.82) is 0 Å². The van der Waals surface area contributed by atoms with Crippen molar-refractivity contribution in [2.75, 3.05) is 19.0 Å². The van der Waals surface area contributed by atoms with Gasteiger partial charge in [0.1, 0.15) is 5.82 Å². The second-order valence-electron chi connectivity index (χ2n) is 3.80. The van der Waals surface area contributed by atoms with Crippen LogP contribution < -0.4 is 11.3 Å². The van der Waals surface area contributed by atoms with Crippen LogP contribution in [0.2, 0.25) is 0 Å². The first-order chi connectivity index (χ1) is 7.90. The highest BCUT2D eigenvalue weighted by Gasteiger charge is 2.26. The van der Waals surface area contributed by atoms with Crippen molar-refractivity contribution >= 4 is 5.82 Å². The van der Waals surface area contributed by atoms with E-state index in [0.29, 0.717) is 12.4 Å². The van der Waals surface area contributed by atoms with Gasteiger partial charge in [-0.3, -0.25) is 0 Å². The fourth-order valence-corrected chi connectivity index (χ4v) is 1.31. The number of hydrazine groups is 1. The number of alkyl halides is 3. The van der Waals surface area contributed by atoms with E-state index in [4.69, 9.17) is 5.84 Å². The van der Waals surface area contributed by atoms with Crippen LogP contribution in [0.25, 0.3) is 0 Å². The van der Waals surface area contributed by atoms with Gasteiger partial charge in [0.15, 0.2) is 0 Å². The number of aromatic nitrogens is 1. The molecule has 96 valence electrons. The molecule has 1 aromatic rings. The van der Waals surface area contributed by atoms with Crippen LogP contribution in [-0.4, -0.2) is 29.7 Å². The highest BCUT2D eigenvalue weighted by molar-refractivity contribution is 5.33. The van der Waals surface area contributed by atoms with Gasteiger partial charge in [0.2, 0.25) is 0 Å². The van der Waals surface area contributed by atoms with E-state index in [2.05, 4.69) is 10.4 Å². The predicted molar refractivity (Wildman–Crippen MR) is 59.1 cm³/mol. The minimum atomic E-state index is -4.11. The Morgan fingerprint density at radius 1 is 1.41 bits per heavy atom. The van der Waals surface area contributed by atoms with E-state index < -0.39 is 12.6 Å². The highest BCUT2D eigenvalue weighted by atomic mass is 19.4. The number of hydrogen-bond acceptors (Lipinski definition) is 4. The predicted octanol–water partition coefficient (Wildman–Crippen LogP) is 1.75. The maximum absolute atomic E-state index is 12.0. The molecular formula is C10H15F3N4. The van der Waals surface area contributed by atoms with Gasteiger partial charge in [0.05, 0.1) is 6.42 Å². The van der Waals surface area contributed by atoms with E-state index in [1.165, 1.54) is 0 Å². The average molecular weight is 248 g/mol. The van der Waals surface area contributed by atoms with Gasteiger partial charge in [-0.05, 0) is 18.7 Å². The highest BCUT2D eigenvalue weighted by Crippen LogP contribution is 2.19. The minimum Gasteiger partial charge on any atom is -0.308 e. The molecule has 1 aromatic heterocycles. The number of pyridine rings is 1. The first kappa shape index (κ1) is 13.7. The first-order valence-corrected chi connectivity index (χ1v) is 5.07. The Kier molecular flexibility index (Phi) is 4.71. The van der Waals surface area contributed by atoms with E-state index in [9.17, 15) is 13.2 Å². The molecule has 3 N–H and O–H groups in total. The Morgan fingerprint density at radius 3 is 2.59 bits per heavy atom. The lowest BCUT2D eigenvalue weighted by molar-refractivity contribution is -0.137. The second kappa shape index (κ2) is 5.83. The van der Waals surface area contributed by atoms with Crippen molar-refractivity contribution in [3.8, 4) is 0 Å². The Labute approximate surface area is 97.6 Å². The number of nitrogens with zero attached hydrogens (tertiary/aromatic N) is 2. The fraction of sp³-hybridized carbons (Fsp3) is 0.500. The summed E-state index contributed by atoms with van der Waals surface area (Å²) in [6, 6.07) is 3.44. The van der Waals surface area contributed by atoms with Crippen LogP contribution in [0.5, 0.6) is 0 Å². The zero-order chi connectivity index (χ0) is 12.9. The first-order valence-electron chi connectivity index (χ1n) is 5.07. The number of rotatable bonds is 5. The summed E-state index contributed by atoms with van der Waals surface area (Å²) in [6.45, 7) is 0.397. The standard InChI is InChI=1S/C10H15F3N4/c1-17(5-4-10(11,12)13)7-8-2-3-9(16-14)15-6-8/h2-3,6H,4-5,7,14H2,1H3,(H,15,16). The third kappa shape index (κ3) is 5.50. The third-order valence-electron chi connectivity index (χ3n) is 2.20. The number of nitrogen functional groups attached to an aromatic ring is 1. The smallest absolute Gasteiger partial charge is 0.308 e. The molecule has 0 saturated carbocycles. The molecule has 1 rings (SSSR count). The van der Waals surface area contributed by atoms with Gasteiger partial charge in [0, 0.05) is 19.3 Å². The summed E-state index contributed by atoms with van der Waals surface area (Å²) in [6.07, 6.45) is -3.33. The van der Waals surface area contributed by atoms with Crippen molar-refractivity contribution in [1.82, 2.24) is 9.88 Å². The molecule has 0 saturated heterocycles. The fourth-order valence-electron chi connectivity index (χ4n) is 1.31. The minimum absolute atomic E-state index is 0.0274. The molecule has 0 bridgehead atoms. The van der Waals surface area contributed by atoms with Crippen LogP contribution in [-0.2, 0) is 6.54 Å². The van der Waals surface area contributed by atoms with Crippen LogP contribution >= 0.6 is 0 Å². The molecule has 0 spiro atoms. The van der Waals surface area contributed by atoms with Crippen LogP contribution in [0.1, 0.15) is 12.0 Å². The molecule has 7 heteroatoms. The van der Waals surface area contributed by atoms with Gasteiger partial charge in [-0.1, -0.05) is 6.07 Å². The van der Waals surface area contributed by atoms with Crippen LogP contribution in [0.3, 0.4) is 0 Å². The maximum atomic E-state index is 12.0. The van der Waals surface area contributed by atoms with Crippen molar-refractivity contribution < 1.29 is 13.2 Å². The average Bonchev–Trinajstić information content (AvgIpc) is 2.27. The molecule has 0 atom stereocenters. The molecule has 0 aliphatic heterocycles. The SMILES string of the molecule is CN(CCC(F)(F)F)Cc1ccc(NN)nc1. The zero-order valence-electron chi connectivity index (χ0n) is 9.46. The Hall–Kier alpha value is -1.34. The summed E-state index contributed by atoms with van der Waals surface area (Å²) in [5, 5.41) is 0. The van der Waals surface area contributed by atoms with Gasteiger partial charge in [-0.2, -0.15) is 13.2 Å². The largest absolute Gasteiger partial charge is 0.390 e. The van der Waals surface area contributed by atoms with Gasteiger partial charge in [-0.25, -0.2) is 10.8 Å². The van der Waals surface area contributed by atoms with Crippen LogP contribution in [0.4, 0.5) is 19.0 Å². The number of nitrogens with one attached hydrogen (secondary N) is 1. The van der Waals surface area contributed by atoms with Gasteiger partial charge >= 0.3 is 6.18 Å². The molecule has 0 aliphatic rings.